The summed E-state index contributed by atoms with van der Waals surface area (Å²) < 4.78 is 10.7. The first kappa shape index (κ1) is 20.1. The molecule has 0 aliphatic heterocycles. The van der Waals surface area contributed by atoms with Gasteiger partial charge in [-0.15, -0.1) is 0 Å². The van der Waals surface area contributed by atoms with Crippen LogP contribution in [0.3, 0.4) is 0 Å². The largest absolute Gasteiger partial charge is 0.493 e. The average molecular weight is 409 g/mol. The highest BCUT2D eigenvalue weighted by Gasteiger charge is 2.12. The molecule has 3 aromatic rings. The van der Waals surface area contributed by atoms with Crippen LogP contribution in [-0.4, -0.2) is 25.2 Å². The number of rotatable bonds is 6. The molecular formula is C22H17ClN2O4. The minimum Gasteiger partial charge on any atom is -0.493 e. The number of nitrogens with one attached hydrogen (secondary N) is 1. The highest BCUT2D eigenvalue weighted by Crippen LogP contribution is 2.28. The Kier molecular flexibility index (Phi) is 6.60. The molecule has 3 rings (SSSR count). The highest BCUT2D eigenvalue weighted by molar-refractivity contribution is 6.30. The number of benzene rings is 3. The fourth-order valence-corrected chi connectivity index (χ4v) is 2.54. The van der Waals surface area contributed by atoms with E-state index in [2.05, 4.69) is 10.5 Å². The Morgan fingerprint density at radius 1 is 0.931 bits per heavy atom. The van der Waals surface area contributed by atoms with E-state index in [4.69, 9.17) is 21.1 Å². The van der Waals surface area contributed by atoms with Gasteiger partial charge in [-0.05, 0) is 60.2 Å². The number of esters is 1. The number of methoxy groups -OCH3 is 1. The van der Waals surface area contributed by atoms with Gasteiger partial charge in [-0.3, -0.25) is 4.79 Å². The molecule has 1 N–H and O–H groups in total. The minimum atomic E-state index is -0.506. The number of ether oxygens (including phenoxy) is 2. The van der Waals surface area contributed by atoms with Crippen molar-refractivity contribution in [2.45, 2.75) is 0 Å². The van der Waals surface area contributed by atoms with Crippen LogP contribution in [0.15, 0.2) is 77.9 Å². The SMILES string of the molecule is COc1ccc(C=NNC(=O)c2ccc(Cl)cc2)cc1OC(=O)c1ccccc1. The monoisotopic (exact) mass is 408 g/mol. The third-order valence-electron chi connectivity index (χ3n) is 3.89. The molecule has 0 saturated carbocycles. The van der Waals surface area contributed by atoms with Crippen molar-refractivity contribution in [3.63, 3.8) is 0 Å². The molecule has 29 heavy (non-hydrogen) atoms. The number of nitrogens with zero attached hydrogens (tertiary/aromatic N) is 1. The molecule has 0 aliphatic carbocycles. The van der Waals surface area contributed by atoms with E-state index in [1.165, 1.54) is 13.3 Å². The summed E-state index contributed by atoms with van der Waals surface area (Å²) in [5, 5.41) is 4.48. The summed E-state index contributed by atoms with van der Waals surface area (Å²) in [6, 6.07) is 20.0. The molecule has 0 bridgehead atoms. The fourth-order valence-electron chi connectivity index (χ4n) is 2.42. The molecule has 3 aromatic carbocycles. The summed E-state index contributed by atoms with van der Waals surface area (Å²) in [6.45, 7) is 0. The van der Waals surface area contributed by atoms with Gasteiger partial charge in [-0.25, -0.2) is 10.2 Å². The Bertz CT molecular complexity index is 1030. The summed E-state index contributed by atoms with van der Waals surface area (Å²) >= 11 is 5.81. The average Bonchev–Trinajstić information content (AvgIpc) is 2.75. The number of halogens is 1. The quantitative estimate of drug-likeness (QED) is 0.285. The molecule has 0 fully saturated rings. The molecule has 0 aliphatic rings. The van der Waals surface area contributed by atoms with E-state index in [-0.39, 0.29) is 11.7 Å². The Morgan fingerprint density at radius 2 is 1.66 bits per heavy atom. The van der Waals surface area contributed by atoms with E-state index in [9.17, 15) is 9.59 Å². The van der Waals surface area contributed by atoms with Crippen LogP contribution in [0.5, 0.6) is 11.5 Å². The van der Waals surface area contributed by atoms with Gasteiger partial charge in [0.25, 0.3) is 5.91 Å². The fraction of sp³-hybridized carbons (Fsp3) is 0.0455. The molecule has 0 heterocycles. The number of amides is 1. The zero-order valence-corrected chi connectivity index (χ0v) is 16.2. The van der Waals surface area contributed by atoms with Crippen LogP contribution in [0.1, 0.15) is 26.3 Å². The third kappa shape index (κ3) is 5.43. The second-order valence-electron chi connectivity index (χ2n) is 5.87. The lowest BCUT2D eigenvalue weighted by Gasteiger charge is -2.10. The van der Waals surface area contributed by atoms with E-state index in [1.54, 1.807) is 66.7 Å². The van der Waals surface area contributed by atoms with Gasteiger partial charge in [0.15, 0.2) is 11.5 Å². The maximum atomic E-state index is 12.3. The Balaban J connectivity index is 1.70. The van der Waals surface area contributed by atoms with Crippen molar-refractivity contribution in [2.24, 2.45) is 5.10 Å². The number of carbonyl (C=O) groups is 2. The number of hydrogen-bond donors (Lipinski definition) is 1. The second-order valence-corrected chi connectivity index (χ2v) is 6.31. The molecule has 0 spiro atoms. The Hall–Kier alpha value is -3.64. The lowest BCUT2D eigenvalue weighted by Crippen LogP contribution is -2.17. The van der Waals surface area contributed by atoms with Gasteiger partial charge >= 0.3 is 5.97 Å². The van der Waals surface area contributed by atoms with E-state index < -0.39 is 5.97 Å². The molecule has 7 heteroatoms. The smallest absolute Gasteiger partial charge is 0.343 e. The van der Waals surface area contributed by atoms with Gasteiger partial charge in [0, 0.05) is 10.6 Å². The van der Waals surface area contributed by atoms with E-state index in [1.807, 2.05) is 6.07 Å². The van der Waals surface area contributed by atoms with Gasteiger partial charge in [0.2, 0.25) is 0 Å². The standard InChI is InChI=1S/C22H17ClN2O4/c1-28-19-12-7-15(13-20(19)29-22(27)17-5-3-2-4-6-17)14-24-25-21(26)16-8-10-18(23)11-9-16/h2-14H,1H3,(H,25,26). The van der Waals surface area contributed by atoms with E-state index in [0.29, 0.717) is 27.5 Å². The zero-order chi connectivity index (χ0) is 20.6. The number of hydrazone groups is 1. The number of carbonyl (C=O) groups excluding carboxylic acids is 2. The lowest BCUT2D eigenvalue weighted by atomic mass is 10.2. The van der Waals surface area contributed by atoms with Crippen LogP contribution >= 0.6 is 11.6 Å². The van der Waals surface area contributed by atoms with Crippen LogP contribution in [-0.2, 0) is 0 Å². The zero-order valence-electron chi connectivity index (χ0n) is 15.5. The highest BCUT2D eigenvalue weighted by atomic mass is 35.5. The molecule has 0 radical (unpaired) electrons. The van der Waals surface area contributed by atoms with E-state index >= 15 is 0 Å². The third-order valence-corrected chi connectivity index (χ3v) is 4.14. The van der Waals surface area contributed by atoms with Crippen LogP contribution in [0.2, 0.25) is 5.02 Å². The van der Waals surface area contributed by atoms with E-state index in [0.717, 1.165) is 0 Å². The first-order valence-electron chi connectivity index (χ1n) is 8.61. The molecule has 6 nitrogen and oxygen atoms in total. The van der Waals surface area contributed by atoms with Crippen molar-refractivity contribution < 1.29 is 19.1 Å². The number of hydrogen-bond acceptors (Lipinski definition) is 5. The molecule has 0 saturated heterocycles. The summed E-state index contributed by atoms with van der Waals surface area (Å²) in [4.78, 5) is 24.4. The predicted octanol–water partition coefficient (Wildman–Crippen LogP) is 4.33. The summed E-state index contributed by atoms with van der Waals surface area (Å²) in [5.41, 5.74) is 3.89. The van der Waals surface area contributed by atoms with Gasteiger partial charge in [0.1, 0.15) is 0 Å². The van der Waals surface area contributed by atoms with Crippen LogP contribution in [0, 0.1) is 0 Å². The van der Waals surface area contributed by atoms with Crippen LogP contribution < -0.4 is 14.9 Å². The molecule has 0 aromatic heterocycles. The second kappa shape index (κ2) is 9.52. The van der Waals surface area contributed by atoms with Crippen molar-refractivity contribution in [1.29, 1.82) is 0 Å². The van der Waals surface area contributed by atoms with Crippen molar-refractivity contribution in [2.75, 3.05) is 7.11 Å². The van der Waals surface area contributed by atoms with Crippen molar-refractivity contribution >= 4 is 29.7 Å². The minimum absolute atomic E-state index is 0.245. The maximum absolute atomic E-state index is 12.3. The first-order valence-corrected chi connectivity index (χ1v) is 8.99. The topological polar surface area (TPSA) is 77.0 Å². The summed E-state index contributed by atoms with van der Waals surface area (Å²) in [6.07, 6.45) is 1.44. The van der Waals surface area contributed by atoms with Crippen molar-refractivity contribution in [1.82, 2.24) is 5.43 Å². The van der Waals surface area contributed by atoms with Gasteiger partial charge in [0.05, 0.1) is 18.9 Å². The Morgan fingerprint density at radius 3 is 2.34 bits per heavy atom. The molecule has 0 unspecified atom stereocenters. The molecule has 146 valence electrons. The predicted molar refractivity (Wildman–Crippen MR) is 111 cm³/mol. The van der Waals surface area contributed by atoms with Crippen molar-refractivity contribution in [3.05, 3.63) is 94.5 Å². The van der Waals surface area contributed by atoms with Crippen molar-refractivity contribution in [3.8, 4) is 11.5 Å². The van der Waals surface area contributed by atoms with Gasteiger partial charge in [-0.2, -0.15) is 5.10 Å². The van der Waals surface area contributed by atoms with Gasteiger partial charge in [-0.1, -0.05) is 29.8 Å². The molecule has 1 amide bonds. The van der Waals surface area contributed by atoms with Gasteiger partial charge < -0.3 is 9.47 Å². The normalized spacial score (nSPS) is 10.6. The maximum Gasteiger partial charge on any atom is 0.343 e. The first-order chi connectivity index (χ1) is 14.1. The van der Waals surface area contributed by atoms with Crippen LogP contribution in [0.25, 0.3) is 0 Å². The summed E-state index contributed by atoms with van der Waals surface area (Å²) in [5.74, 6) is -0.234. The van der Waals surface area contributed by atoms with Crippen LogP contribution in [0.4, 0.5) is 0 Å². The molecular weight excluding hydrogens is 392 g/mol. The lowest BCUT2D eigenvalue weighted by molar-refractivity contribution is 0.0729. The Labute approximate surface area is 172 Å². The summed E-state index contributed by atoms with van der Waals surface area (Å²) in [7, 11) is 1.48. The molecule has 0 atom stereocenters.